The summed E-state index contributed by atoms with van der Waals surface area (Å²) in [6.07, 6.45) is 14.8. The number of carbonyl (C=O) groups is 1. The van der Waals surface area contributed by atoms with E-state index in [4.69, 9.17) is 4.74 Å². The Morgan fingerprint density at radius 3 is 2.91 bits per heavy atom. The first-order valence-corrected chi connectivity index (χ1v) is 14.2. The van der Waals surface area contributed by atoms with Gasteiger partial charge in [0.15, 0.2) is 0 Å². The number of benzene rings is 1. The van der Waals surface area contributed by atoms with Gasteiger partial charge in [0.1, 0.15) is 5.56 Å². The Bertz CT molecular complexity index is 1110. The average Bonchev–Trinajstić information content (AvgIpc) is 3.40. The Morgan fingerprint density at radius 1 is 1.18 bits per heavy atom. The number of amides is 1. The number of hydrogen-bond donors (Lipinski definition) is 1. The van der Waals surface area contributed by atoms with Crippen molar-refractivity contribution in [2.75, 3.05) is 6.61 Å². The van der Waals surface area contributed by atoms with E-state index in [0.717, 1.165) is 22.0 Å². The molecule has 6 heteroatoms. The Hall–Kier alpha value is -1.82. The van der Waals surface area contributed by atoms with Crippen LogP contribution in [-0.4, -0.2) is 28.3 Å². The zero-order valence-corrected chi connectivity index (χ0v) is 21.3. The van der Waals surface area contributed by atoms with Crippen LogP contribution >= 0.6 is 15.9 Å². The van der Waals surface area contributed by atoms with Crippen LogP contribution in [0.5, 0.6) is 5.88 Å². The lowest BCUT2D eigenvalue weighted by Crippen LogP contribution is -2.51. The highest BCUT2D eigenvalue weighted by atomic mass is 79.9. The molecule has 7 rings (SSSR count). The molecule has 34 heavy (non-hydrogen) atoms. The van der Waals surface area contributed by atoms with Gasteiger partial charge in [-0.05, 0) is 98.1 Å². The molecule has 1 N–H and O–H groups in total. The van der Waals surface area contributed by atoms with Gasteiger partial charge in [-0.3, -0.25) is 4.79 Å². The molecule has 0 radical (unpaired) electrons. The predicted octanol–water partition coefficient (Wildman–Crippen LogP) is 6.15. The lowest BCUT2D eigenvalue weighted by Gasteiger charge is -2.50. The lowest BCUT2D eigenvalue weighted by atomic mass is 9.55. The van der Waals surface area contributed by atoms with Crippen LogP contribution < -0.4 is 10.1 Å². The van der Waals surface area contributed by atoms with E-state index in [1.54, 1.807) is 10.9 Å². The van der Waals surface area contributed by atoms with Crippen molar-refractivity contribution in [1.29, 1.82) is 0 Å². The van der Waals surface area contributed by atoms with Crippen molar-refractivity contribution >= 4 is 21.8 Å². The third kappa shape index (κ3) is 3.30. The molecule has 0 aliphatic heterocycles. The first-order chi connectivity index (χ1) is 16.6. The number of aromatic nitrogens is 2. The molecule has 2 aromatic rings. The smallest absolute Gasteiger partial charge is 0.258 e. The van der Waals surface area contributed by atoms with E-state index in [2.05, 4.69) is 26.3 Å². The van der Waals surface area contributed by atoms with Crippen LogP contribution in [0.15, 0.2) is 34.9 Å². The zero-order chi connectivity index (χ0) is 22.9. The average molecular weight is 525 g/mol. The van der Waals surface area contributed by atoms with Crippen LogP contribution in [0.4, 0.5) is 0 Å². The highest BCUT2D eigenvalue weighted by molar-refractivity contribution is 9.10. The molecule has 0 saturated heterocycles. The van der Waals surface area contributed by atoms with Crippen LogP contribution in [0.3, 0.4) is 0 Å². The quantitative estimate of drug-likeness (QED) is 0.493. The van der Waals surface area contributed by atoms with E-state index in [9.17, 15) is 4.79 Å². The summed E-state index contributed by atoms with van der Waals surface area (Å²) in [6, 6.07) is 8.35. The van der Waals surface area contributed by atoms with E-state index >= 15 is 0 Å². The maximum Gasteiger partial charge on any atom is 0.258 e. The molecule has 1 heterocycles. The molecule has 5 aliphatic rings. The summed E-state index contributed by atoms with van der Waals surface area (Å²) < 4.78 is 9.21. The Labute approximate surface area is 210 Å². The van der Waals surface area contributed by atoms with Crippen molar-refractivity contribution in [3.05, 3.63) is 40.5 Å². The fourth-order valence-electron chi connectivity index (χ4n) is 8.70. The summed E-state index contributed by atoms with van der Waals surface area (Å²) in [5.74, 6) is 4.33. The van der Waals surface area contributed by atoms with Crippen molar-refractivity contribution in [1.82, 2.24) is 15.1 Å². The molecular weight excluding hydrogens is 490 g/mol. The van der Waals surface area contributed by atoms with Gasteiger partial charge in [0.05, 0.1) is 18.5 Å². The van der Waals surface area contributed by atoms with E-state index in [1.807, 2.05) is 24.3 Å². The zero-order valence-electron chi connectivity index (χ0n) is 19.7. The largest absolute Gasteiger partial charge is 0.477 e. The molecule has 1 amide bonds. The van der Waals surface area contributed by atoms with Gasteiger partial charge in [0.25, 0.3) is 5.91 Å². The highest BCUT2D eigenvalue weighted by Gasteiger charge is 2.70. The summed E-state index contributed by atoms with van der Waals surface area (Å²) in [6.45, 7) is 0.654. The van der Waals surface area contributed by atoms with E-state index in [1.165, 1.54) is 64.2 Å². The summed E-state index contributed by atoms with van der Waals surface area (Å²) in [5.41, 5.74) is 2.05. The third-order valence-electron chi connectivity index (χ3n) is 10.1. The molecule has 1 spiro atoms. The van der Waals surface area contributed by atoms with Crippen LogP contribution in [0.2, 0.25) is 0 Å². The summed E-state index contributed by atoms with van der Waals surface area (Å²) in [7, 11) is 0. The number of ether oxygens (including phenoxy) is 1. The van der Waals surface area contributed by atoms with Gasteiger partial charge in [-0.15, -0.1) is 0 Å². The first kappa shape index (κ1) is 21.5. The third-order valence-corrected chi connectivity index (χ3v) is 10.6. The van der Waals surface area contributed by atoms with E-state index in [-0.39, 0.29) is 5.91 Å². The van der Waals surface area contributed by atoms with Gasteiger partial charge in [-0.2, -0.15) is 5.10 Å². The van der Waals surface area contributed by atoms with Gasteiger partial charge >= 0.3 is 0 Å². The number of nitrogens with zero attached hydrogens (tertiary/aromatic N) is 2. The second-order valence-corrected chi connectivity index (χ2v) is 12.8. The standard InChI is InChI=1S/C28H34BrN3O2/c29-21-7-4-8-22(12-21)32-27(34-16-17-5-2-1-3-6-17)23(15-30-32)26(33)31-25-19-9-18-10-20-11-24(25)28(20,13-18)14-19/h4,7-8,12,15,17-20,24-25H,1-3,5-6,9-11,13-14,16H2,(H,31,33). The topological polar surface area (TPSA) is 56.2 Å². The molecule has 5 fully saturated rings. The van der Waals surface area contributed by atoms with Crippen LogP contribution in [0, 0.1) is 35.0 Å². The van der Waals surface area contributed by atoms with Crippen molar-refractivity contribution in [3.63, 3.8) is 0 Å². The number of carbonyl (C=O) groups excluding carboxylic acids is 1. The molecular formula is C28H34BrN3O2. The monoisotopic (exact) mass is 523 g/mol. The second kappa shape index (κ2) is 8.11. The van der Waals surface area contributed by atoms with Crippen LogP contribution in [0.25, 0.3) is 5.69 Å². The highest BCUT2D eigenvalue weighted by Crippen LogP contribution is 2.75. The minimum Gasteiger partial charge on any atom is -0.477 e. The van der Waals surface area contributed by atoms with Gasteiger partial charge < -0.3 is 10.1 Å². The number of fused-ring (bicyclic) bond motifs is 2. The van der Waals surface area contributed by atoms with Crippen molar-refractivity contribution in [3.8, 4) is 11.6 Å². The minimum absolute atomic E-state index is 0.00633. The van der Waals surface area contributed by atoms with Gasteiger partial charge in [-0.1, -0.05) is 41.3 Å². The molecule has 180 valence electrons. The molecule has 5 aliphatic carbocycles. The molecule has 5 saturated carbocycles. The lowest BCUT2D eigenvalue weighted by molar-refractivity contribution is -0.00895. The molecule has 3 bridgehead atoms. The van der Waals surface area contributed by atoms with Crippen molar-refractivity contribution in [2.24, 2.45) is 35.0 Å². The molecule has 6 atom stereocenters. The van der Waals surface area contributed by atoms with Crippen LogP contribution in [-0.2, 0) is 0 Å². The SMILES string of the molecule is O=C(NC1C2CC3CC4CC1C4(C3)C2)c1cnn(-c2cccc(Br)c2)c1OCC1CCCCC1. The number of nitrogens with one attached hydrogen (secondary N) is 1. The molecule has 1 aromatic carbocycles. The summed E-state index contributed by atoms with van der Waals surface area (Å²) in [5, 5.41) is 8.14. The Morgan fingerprint density at radius 2 is 2.06 bits per heavy atom. The Kier molecular flexibility index (Phi) is 5.12. The van der Waals surface area contributed by atoms with Crippen LogP contribution in [0.1, 0.15) is 74.6 Å². The van der Waals surface area contributed by atoms with Gasteiger partial charge in [-0.25, -0.2) is 4.68 Å². The number of halogens is 1. The van der Waals surface area contributed by atoms with E-state index < -0.39 is 0 Å². The fraction of sp³-hybridized carbons (Fsp3) is 0.643. The minimum atomic E-state index is -0.00633. The number of hydrogen-bond acceptors (Lipinski definition) is 3. The van der Waals surface area contributed by atoms with E-state index in [0.29, 0.717) is 47.3 Å². The molecule has 5 nitrogen and oxygen atoms in total. The van der Waals surface area contributed by atoms with Crippen molar-refractivity contribution in [2.45, 2.75) is 70.3 Å². The Balaban J connectivity index is 1.15. The number of rotatable bonds is 6. The van der Waals surface area contributed by atoms with Gasteiger partial charge in [0.2, 0.25) is 5.88 Å². The fourth-order valence-corrected chi connectivity index (χ4v) is 9.09. The second-order valence-electron chi connectivity index (χ2n) is 11.8. The summed E-state index contributed by atoms with van der Waals surface area (Å²) >= 11 is 3.57. The maximum atomic E-state index is 13.7. The summed E-state index contributed by atoms with van der Waals surface area (Å²) in [4.78, 5) is 13.7. The van der Waals surface area contributed by atoms with Crippen molar-refractivity contribution < 1.29 is 9.53 Å². The van der Waals surface area contributed by atoms with Gasteiger partial charge in [0, 0.05) is 10.5 Å². The maximum absolute atomic E-state index is 13.7. The first-order valence-electron chi connectivity index (χ1n) is 13.4. The normalized spacial score (nSPS) is 35.7. The molecule has 6 unspecified atom stereocenters. The molecule has 1 aromatic heterocycles. The predicted molar refractivity (Wildman–Crippen MR) is 134 cm³/mol.